The van der Waals surface area contributed by atoms with Crippen LogP contribution in [0.3, 0.4) is 0 Å². The van der Waals surface area contributed by atoms with Crippen molar-refractivity contribution in [3.63, 3.8) is 0 Å². The first-order valence-corrected chi connectivity index (χ1v) is 13.3. The van der Waals surface area contributed by atoms with E-state index < -0.39 is 17.8 Å². The molecule has 1 aliphatic heterocycles. The SMILES string of the molecule is CNc1ncnc2c1ncn2-c1ccc(NC(=O)Nc2cc(CN3CCN(C(C)C)CC3)cc(C(F)(F)F)c2)cc1. The van der Waals surface area contributed by atoms with Gasteiger partial charge >= 0.3 is 12.2 Å². The van der Waals surface area contributed by atoms with E-state index in [0.29, 0.717) is 40.8 Å². The Balaban J connectivity index is 1.27. The van der Waals surface area contributed by atoms with Crippen molar-refractivity contribution in [1.82, 2.24) is 29.3 Å². The van der Waals surface area contributed by atoms with E-state index in [2.05, 4.69) is 54.5 Å². The summed E-state index contributed by atoms with van der Waals surface area (Å²) >= 11 is 0. The third-order valence-corrected chi connectivity index (χ3v) is 7.09. The number of imidazole rings is 1. The fourth-order valence-electron chi connectivity index (χ4n) is 4.92. The molecule has 0 aliphatic carbocycles. The largest absolute Gasteiger partial charge is 0.416 e. The maximum absolute atomic E-state index is 13.7. The zero-order valence-electron chi connectivity index (χ0n) is 23.0. The number of carbonyl (C=O) groups is 1. The smallest absolute Gasteiger partial charge is 0.371 e. The normalized spacial score (nSPS) is 14.9. The maximum Gasteiger partial charge on any atom is 0.416 e. The average Bonchev–Trinajstić information content (AvgIpc) is 3.37. The Morgan fingerprint density at radius 3 is 2.32 bits per heavy atom. The van der Waals surface area contributed by atoms with Gasteiger partial charge in [-0.1, -0.05) is 0 Å². The highest BCUT2D eigenvalue weighted by atomic mass is 19.4. The number of amides is 2. The van der Waals surface area contributed by atoms with Crippen molar-refractivity contribution in [3.8, 4) is 5.69 Å². The number of benzene rings is 2. The molecule has 2 aromatic carbocycles. The van der Waals surface area contributed by atoms with Crippen molar-refractivity contribution in [3.05, 3.63) is 66.2 Å². The molecule has 1 fully saturated rings. The number of hydrogen-bond donors (Lipinski definition) is 3. The second-order valence-corrected chi connectivity index (χ2v) is 10.2. The molecular weight excluding hydrogens is 535 g/mol. The highest BCUT2D eigenvalue weighted by molar-refractivity contribution is 6.00. The predicted octanol–water partition coefficient (Wildman–Crippen LogP) is 5.05. The van der Waals surface area contributed by atoms with Gasteiger partial charge in [-0.05, 0) is 61.9 Å². The van der Waals surface area contributed by atoms with Crippen LogP contribution in [0.25, 0.3) is 16.9 Å². The van der Waals surface area contributed by atoms with Crippen LogP contribution in [0.2, 0.25) is 0 Å². The highest BCUT2D eigenvalue weighted by Gasteiger charge is 2.31. The van der Waals surface area contributed by atoms with Crippen LogP contribution in [0.15, 0.2) is 55.1 Å². The zero-order valence-corrected chi connectivity index (χ0v) is 23.0. The molecule has 41 heavy (non-hydrogen) atoms. The van der Waals surface area contributed by atoms with Crippen molar-refractivity contribution in [2.45, 2.75) is 32.6 Å². The number of nitrogens with zero attached hydrogens (tertiary/aromatic N) is 6. The lowest BCUT2D eigenvalue weighted by molar-refractivity contribution is -0.137. The summed E-state index contributed by atoms with van der Waals surface area (Å²) in [5, 5.41) is 8.23. The molecule has 0 radical (unpaired) electrons. The number of alkyl halides is 3. The van der Waals surface area contributed by atoms with Gasteiger partial charge < -0.3 is 16.0 Å². The molecule has 1 saturated heterocycles. The highest BCUT2D eigenvalue weighted by Crippen LogP contribution is 2.32. The summed E-state index contributed by atoms with van der Waals surface area (Å²) in [7, 11) is 1.75. The summed E-state index contributed by atoms with van der Waals surface area (Å²) in [6, 6.07) is 10.4. The molecule has 5 rings (SSSR count). The van der Waals surface area contributed by atoms with Crippen LogP contribution in [-0.4, -0.2) is 74.6 Å². The average molecular weight is 568 g/mol. The van der Waals surface area contributed by atoms with Crippen LogP contribution in [0.5, 0.6) is 0 Å². The predicted molar refractivity (Wildman–Crippen MR) is 152 cm³/mol. The first kappa shape index (κ1) is 28.3. The van der Waals surface area contributed by atoms with Gasteiger partial charge in [0, 0.05) is 62.9 Å². The first-order valence-electron chi connectivity index (χ1n) is 13.3. The Morgan fingerprint density at radius 1 is 0.951 bits per heavy atom. The van der Waals surface area contributed by atoms with Gasteiger partial charge in [0.25, 0.3) is 0 Å². The Bertz CT molecular complexity index is 1510. The molecule has 4 aromatic rings. The van der Waals surface area contributed by atoms with Crippen molar-refractivity contribution in [1.29, 1.82) is 0 Å². The van der Waals surface area contributed by atoms with E-state index >= 15 is 0 Å². The summed E-state index contributed by atoms with van der Waals surface area (Å²) in [4.78, 5) is 30.1. The molecule has 1 aliphatic rings. The van der Waals surface area contributed by atoms with Gasteiger partial charge in [0.15, 0.2) is 17.0 Å². The van der Waals surface area contributed by atoms with E-state index in [9.17, 15) is 18.0 Å². The van der Waals surface area contributed by atoms with Gasteiger partial charge in [0.1, 0.15) is 12.7 Å². The monoisotopic (exact) mass is 567 g/mol. The Labute approximate surface area is 235 Å². The molecule has 216 valence electrons. The molecule has 13 heteroatoms. The Kier molecular flexibility index (Phi) is 8.08. The van der Waals surface area contributed by atoms with Crippen LogP contribution < -0.4 is 16.0 Å². The molecule has 2 aromatic heterocycles. The van der Waals surface area contributed by atoms with Crippen LogP contribution in [0.4, 0.5) is 35.2 Å². The van der Waals surface area contributed by atoms with Gasteiger partial charge in [-0.3, -0.25) is 14.4 Å². The summed E-state index contributed by atoms with van der Waals surface area (Å²) in [5.41, 5.74) is 2.24. The van der Waals surface area contributed by atoms with E-state index in [-0.39, 0.29) is 5.69 Å². The number of urea groups is 1. The van der Waals surface area contributed by atoms with Gasteiger partial charge in [0.05, 0.1) is 5.56 Å². The minimum Gasteiger partial charge on any atom is -0.371 e. The van der Waals surface area contributed by atoms with E-state index in [1.165, 1.54) is 6.33 Å². The van der Waals surface area contributed by atoms with Crippen molar-refractivity contribution in [2.24, 2.45) is 0 Å². The number of anilines is 3. The van der Waals surface area contributed by atoms with Gasteiger partial charge in [0.2, 0.25) is 0 Å². The minimum absolute atomic E-state index is 0.0784. The number of carbonyl (C=O) groups excluding carboxylic acids is 1. The van der Waals surface area contributed by atoms with Crippen LogP contribution in [-0.2, 0) is 12.7 Å². The molecule has 10 nitrogen and oxygen atoms in total. The number of aromatic nitrogens is 4. The van der Waals surface area contributed by atoms with Gasteiger partial charge in [-0.2, -0.15) is 13.2 Å². The minimum atomic E-state index is -4.54. The molecule has 0 unspecified atom stereocenters. The van der Waals surface area contributed by atoms with E-state index in [1.54, 1.807) is 48.3 Å². The van der Waals surface area contributed by atoms with Crippen molar-refractivity contribution >= 4 is 34.4 Å². The lowest BCUT2D eigenvalue weighted by Gasteiger charge is -2.37. The lowest BCUT2D eigenvalue weighted by atomic mass is 10.1. The molecule has 0 spiro atoms. The molecule has 0 bridgehead atoms. The van der Waals surface area contributed by atoms with Gasteiger partial charge in [-0.15, -0.1) is 0 Å². The van der Waals surface area contributed by atoms with E-state index in [4.69, 9.17) is 0 Å². The molecule has 0 atom stereocenters. The van der Waals surface area contributed by atoms with Crippen molar-refractivity contribution < 1.29 is 18.0 Å². The number of fused-ring (bicyclic) bond motifs is 1. The Hall–Kier alpha value is -4.23. The second-order valence-electron chi connectivity index (χ2n) is 10.2. The number of rotatable bonds is 7. The first-order chi connectivity index (χ1) is 19.6. The third kappa shape index (κ3) is 6.57. The Morgan fingerprint density at radius 2 is 1.66 bits per heavy atom. The molecule has 3 heterocycles. The standard InChI is InChI=1S/C28H32F3N9O/c1-18(2)39-10-8-38(9-11-39)15-19-12-20(28(29,30)31)14-22(13-19)37-27(41)36-21-4-6-23(7-5-21)40-17-35-24-25(32-3)33-16-34-26(24)40/h4-7,12-14,16-18H,8-11,15H2,1-3H3,(H,32,33,34)(H2,36,37,41). The number of nitrogens with one attached hydrogen (secondary N) is 3. The fourth-order valence-corrected chi connectivity index (χ4v) is 4.92. The topological polar surface area (TPSA) is 103 Å². The van der Waals surface area contributed by atoms with Crippen LogP contribution in [0, 0.1) is 0 Å². The summed E-state index contributed by atoms with van der Waals surface area (Å²) in [5.74, 6) is 0.607. The van der Waals surface area contributed by atoms with Crippen LogP contribution in [0.1, 0.15) is 25.0 Å². The maximum atomic E-state index is 13.7. The van der Waals surface area contributed by atoms with Crippen molar-refractivity contribution in [2.75, 3.05) is 49.2 Å². The summed E-state index contributed by atoms with van der Waals surface area (Å²) in [6.07, 6.45) is -1.46. The fraction of sp³-hybridized carbons (Fsp3) is 0.357. The quantitative estimate of drug-likeness (QED) is 0.287. The van der Waals surface area contributed by atoms with Crippen LogP contribution >= 0.6 is 0 Å². The number of piperazine rings is 1. The summed E-state index contributed by atoms with van der Waals surface area (Å²) in [6.45, 7) is 7.91. The molecule has 2 amide bonds. The molecular formula is C28H32F3N9O. The van der Waals surface area contributed by atoms with Gasteiger partial charge in [-0.25, -0.2) is 19.7 Å². The second kappa shape index (κ2) is 11.7. The third-order valence-electron chi connectivity index (χ3n) is 7.09. The lowest BCUT2D eigenvalue weighted by Crippen LogP contribution is -2.48. The zero-order chi connectivity index (χ0) is 29.1. The number of halogens is 3. The molecule has 0 saturated carbocycles. The van der Waals surface area contributed by atoms with E-state index in [0.717, 1.165) is 44.0 Å². The summed E-state index contributed by atoms with van der Waals surface area (Å²) < 4.78 is 42.8. The van der Waals surface area contributed by atoms with E-state index in [1.807, 2.05) is 0 Å². The molecule has 3 N–H and O–H groups in total. The number of hydrogen-bond acceptors (Lipinski definition) is 7.